The SMILES string of the molecule is CNc1cc(C(=O)N2CCC(N3CCCC3)CC2)ccn1. The summed E-state index contributed by atoms with van der Waals surface area (Å²) in [7, 11) is 1.82. The molecular weight excluding hydrogens is 264 g/mol. The van der Waals surface area contributed by atoms with Crippen LogP contribution in [0.1, 0.15) is 36.0 Å². The molecule has 2 fully saturated rings. The van der Waals surface area contributed by atoms with Crippen LogP contribution in [0.3, 0.4) is 0 Å². The number of amides is 1. The topological polar surface area (TPSA) is 48.5 Å². The molecule has 2 aliphatic rings. The number of aromatic nitrogens is 1. The molecule has 3 rings (SSSR count). The highest BCUT2D eigenvalue weighted by molar-refractivity contribution is 5.94. The molecule has 0 spiro atoms. The highest BCUT2D eigenvalue weighted by Crippen LogP contribution is 2.22. The molecule has 0 bridgehead atoms. The summed E-state index contributed by atoms with van der Waals surface area (Å²) in [6, 6.07) is 4.31. The van der Waals surface area contributed by atoms with E-state index in [0.29, 0.717) is 6.04 Å². The fourth-order valence-corrected chi connectivity index (χ4v) is 3.42. The Morgan fingerprint density at radius 3 is 2.62 bits per heavy atom. The van der Waals surface area contributed by atoms with Crippen molar-refractivity contribution in [2.45, 2.75) is 31.7 Å². The van der Waals surface area contributed by atoms with Crippen molar-refractivity contribution in [3.8, 4) is 0 Å². The number of carbonyl (C=O) groups excluding carboxylic acids is 1. The van der Waals surface area contributed by atoms with Crippen LogP contribution < -0.4 is 5.32 Å². The van der Waals surface area contributed by atoms with Crippen molar-refractivity contribution in [2.75, 3.05) is 38.5 Å². The Labute approximate surface area is 126 Å². The van der Waals surface area contributed by atoms with E-state index in [-0.39, 0.29) is 5.91 Å². The van der Waals surface area contributed by atoms with Gasteiger partial charge in [0.2, 0.25) is 0 Å². The van der Waals surface area contributed by atoms with Crippen LogP contribution in [0.15, 0.2) is 18.3 Å². The molecule has 0 aliphatic carbocycles. The number of hydrogen-bond acceptors (Lipinski definition) is 4. The lowest BCUT2D eigenvalue weighted by molar-refractivity contribution is 0.0644. The van der Waals surface area contributed by atoms with Gasteiger partial charge in [0.25, 0.3) is 5.91 Å². The summed E-state index contributed by atoms with van der Waals surface area (Å²) in [6.45, 7) is 4.23. The number of likely N-dealkylation sites (tertiary alicyclic amines) is 2. The van der Waals surface area contributed by atoms with Gasteiger partial charge in [-0.05, 0) is 50.9 Å². The van der Waals surface area contributed by atoms with Crippen molar-refractivity contribution in [3.05, 3.63) is 23.9 Å². The Bertz CT molecular complexity index is 491. The molecule has 1 N–H and O–H groups in total. The predicted molar refractivity (Wildman–Crippen MR) is 83.5 cm³/mol. The Kier molecular flexibility index (Phi) is 4.39. The van der Waals surface area contributed by atoms with Crippen LogP contribution in [0, 0.1) is 0 Å². The number of piperidine rings is 1. The molecule has 1 aromatic rings. The first-order valence-electron chi connectivity index (χ1n) is 7.95. The van der Waals surface area contributed by atoms with Gasteiger partial charge in [-0.15, -0.1) is 0 Å². The van der Waals surface area contributed by atoms with E-state index in [1.165, 1.54) is 25.9 Å². The third kappa shape index (κ3) is 3.18. The van der Waals surface area contributed by atoms with Crippen LogP contribution in [0.25, 0.3) is 0 Å². The zero-order valence-corrected chi connectivity index (χ0v) is 12.7. The maximum Gasteiger partial charge on any atom is 0.254 e. The maximum atomic E-state index is 12.6. The van der Waals surface area contributed by atoms with Gasteiger partial charge in [0.05, 0.1) is 0 Å². The van der Waals surface area contributed by atoms with Gasteiger partial charge >= 0.3 is 0 Å². The number of nitrogens with zero attached hydrogens (tertiary/aromatic N) is 3. The minimum absolute atomic E-state index is 0.133. The first kappa shape index (κ1) is 14.3. The molecule has 0 atom stereocenters. The quantitative estimate of drug-likeness (QED) is 0.922. The lowest BCUT2D eigenvalue weighted by Crippen LogP contribution is -2.45. The second kappa shape index (κ2) is 6.43. The van der Waals surface area contributed by atoms with Crippen molar-refractivity contribution >= 4 is 11.7 Å². The molecule has 5 heteroatoms. The normalized spacial score (nSPS) is 20.7. The Balaban J connectivity index is 1.59. The Hall–Kier alpha value is -1.62. The van der Waals surface area contributed by atoms with Gasteiger partial charge in [-0.2, -0.15) is 0 Å². The zero-order valence-electron chi connectivity index (χ0n) is 12.7. The molecule has 5 nitrogen and oxygen atoms in total. The van der Waals surface area contributed by atoms with E-state index in [0.717, 1.165) is 37.3 Å². The van der Waals surface area contributed by atoms with E-state index >= 15 is 0 Å². The smallest absolute Gasteiger partial charge is 0.254 e. The third-order valence-electron chi connectivity index (χ3n) is 4.67. The highest BCUT2D eigenvalue weighted by atomic mass is 16.2. The third-order valence-corrected chi connectivity index (χ3v) is 4.67. The number of anilines is 1. The largest absolute Gasteiger partial charge is 0.373 e. The average Bonchev–Trinajstić information content (AvgIpc) is 3.09. The molecule has 2 aliphatic heterocycles. The van der Waals surface area contributed by atoms with Crippen molar-refractivity contribution in [2.24, 2.45) is 0 Å². The molecular formula is C16H24N4O. The molecule has 1 amide bonds. The molecule has 0 aromatic carbocycles. The number of hydrogen-bond donors (Lipinski definition) is 1. The van der Waals surface area contributed by atoms with Gasteiger partial charge in [-0.1, -0.05) is 0 Å². The molecule has 0 radical (unpaired) electrons. The molecule has 1 aromatic heterocycles. The fraction of sp³-hybridized carbons (Fsp3) is 0.625. The monoisotopic (exact) mass is 288 g/mol. The zero-order chi connectivity index (χ0) is 14.7. The van der Waals surface area contributed by atoms with Crippen molar-refractivity contribution < 1.29 is 4.79 Å². The summed E-state index contributed by atoms with van der Waals surface area (Å²) in [6.07, 6.45) is 6.58. The van der Waals surface area contributed by atoms with Crippen LogP contribution >= 0.6 is 0 Å². The molecule has 0 saturated carbocycles. The van der Waals surface area contributed by atoms with Gasteiger partial charge in [0, 0.05) is 37.9 Å². The Morgan fingerprint density at radius 2 is 1.95 bits per heavy atom. The first-order chi connectivity index (χ1) is 10.3. The minimum Gasteiger partial charge on any atom is -0.373 e. The second-order valence-corrected chi connectivity index (χ2v) is 5.95. The molecule has 0 unspecified atom stereocenters. The summed E-state index contributed by atoms with van der Waals surface area (Å²) in [4.78, 5) is 21.3. The van der Waals surface area contributed by atoms with Crippen LogP contribution in [0.5, 0.6) is 0 Å². The van der Waals surface area contributed by atoms with Crippen LogP contribution in [-0.2, 0) is 0 Å². The summed E-state index contributed by atoms with van der Waals surface area (Å²) < 4.78 is 0. The lowest BCUT2D eigenvalue weighted by Gasteiger charge is -2.36. The summed E-state index contributed by atoms with van der Waals surface area (Å²) in [5.74, 6) is 0.876. The maximum absolute atomic E-state index is 12.6. The van der Waals surface area contributed by atoms with E-state index < -0.39 is 0 Å². The summed E-state index contributed by atoms with van der Waals surface area (Å²) in [5.41, 5.74) is 0.731. The number of pyridine rings is 1. The highest BCUT2D eigenvalue weighted by Gasteiger charge is 2.28. The Morgan fingerprint density at radius 1 is 1.24 bits per heavy atom. The first-order valence-corrected chi connectivity index (χ1v) is 7.95. The fourth-order valence-electron chi connectivity index (χ4n) is 3.42. The van der Waals surface area contributed by atoms with E-state index in [4.69, 9.17) is 0 Å². The lowest BCUT2D eigenvalue weighted by atomic mass is 10.0. The number of nitrogens with one attached hydrogen (secondary N) is 1. The summed E-state index contributed by atoms with van der Waals surface area (Å²) >= 11 is 0. The van der Waals surface area contributed by atoms with E-state index in [1.54, 1.807) is 12.3 Å². The minimum atomic E-state index is 0.133. The molecule has 3 heterocycles. The predicted octanol–water partition coefficient (Wildman–Crippen LogP) is 1.82. The summed E-state index contributed by atoms with van der Waals surface area (Å²) in [5, 5.41) is 2.98. The van der Waals surface area contributed by atoms with E-state index in [9.17, 15) is 4.79 Å². The van der Waals surface area contributed by atoms with Gasteiger partial charge in [0.1, 0.15) is 5.82 Å². The van der Waals surface area contributed by atoms with Crippen LogP contribution in [-0.4, -0.2) is 60.0 Å². The van der Waals surface area contributed by atoms with Crippen LogP contribution in [0.4, 0.5) is 5.82 Å². The van der Waals surface area contributed by atoms with Gasteiger partial charge in [0.15, 0.2) is 0 Å². The van der Waals surface area contributed by atoms with Crippen LogP contribution in [0.2, 0.25) is 0 Å². The van der Waals surface area contributed by atoms with Gasteiger partial charge < -0.3 is 15.1 Å². The standard InChI is InChI=1S/C16H24N4O/c1-17-15-12-13(4-7-18-15)16(21)20-10-5-14(6-11-20)19-8-2-3-9-19/h4,7,12,14H,2-3,5-6,8-11H2,1H3,(H,17,18). The van der Waals surface area contributed by atoms with Crippen molar-refractivity contribution in [3.63, 3.8) is 0 Å². The second-order valence-electron chi connectivity index (χ2n) is 5.95. The molecule has 21 heavy (non-hydrogen) atoms. The van der Waals surface area contributed by atoms with Gasteiger partial charge in [-0.25, -0.2) is 4.98 Å². The van der Waals surface area contributed by atoms with Crippen molar-refractivity contribution in [1.29, 1.82) is 0 Å². The van der Waals surface area contributed by atoms with Gasteiger partial charge in [-0.3, -0.25) is 4.79 Å². The number of rotatable bonds is 3. The number of carbonyl (C=O) groups is 1. The average molecular weight is 288 g/mol. The molecule has 2 saturated heterocycles. The van der Waals surface area contributed by atoms with E-state index in [2.05, 4.69) is 15.2 Å². The van der Waals surface area contributed by atoms with E-state index in [1.807, 2.05) is 18.0 Å². The molecule has 114 valence electrons. The van der Waals surface area contributed by atoms with Crippen molar-refractivity contribution in [1.82, 2.24) is 14.8 Å².